The highest BCUT2D eigenvalue weighted by molar-refractivity contribution is 4.91. The molecule has 0 aromatic carbocycles. The summed E-state index contributed by atoms with van der Waals surface area (Å²) in [5.74, 6) is 0.349. The Bertz CT molecular complexity index is 129. The average molecular weight is 183 g/mol. The molecule has 2 unspecified atom stereocenters. The second-order valence-electron chi connectivity index (χ2n) is 3.50. The van der Waals surface area contributed by atoms with Crippen molar-refractivity contribution in [1.82, 2.24) is 0 Å². The van der Waals surface area contributed by atoms with Crippen LogP contribution in [0.4, 0.5) is 0 Å². The molecule has 0 saturated carbocycles. The normalized spacial score (nSPS) is 16.3. The van der Waals surface area contributed by atoms with Gasteiger partial charge in [0.2, 0.25) is 0 Å². The highest BCUT2D eigenvalue weighted by atomic mass is 16.3. The fraction of sp³-hybridized carbons (Fsp3) is 0.750. The van der Waals surface area contributed by atoms with Gasteiger partial charge in [-0.15, -0.1) is 0 Å². The van der Waals surface area contributed by atoms with E-state index in [9.17, 15) is 5.11 Å². The number of aliphatic hydroxyl groups is 1. The molecule has 0 aromatic heterocycles. The molecule has 2 atom stereocenters. The summed E-state index contributed by atoms with van der Waals surface area (Å²) in [6.45, 7) is 7.97. The third-order valence-electron chi connectivity index (χ3n) is 2.29. The molecule has 77 valence electrons. The molecule has 0 spiro atoms. The molecule has 0 bridgehead atoms. The summed E-state index contributed by atoms with van der Waals surface area (Å²) in [5.41, 5.74) is 0. The van der Waals surface area contributed by atoms with Gasteiger partial charge in [0.15, 0.2) is 0 Å². The van der Waals surface area contributed by atoms with Crippen molar-refractivity contribution in [2.24, 2.45) is 5.92 Å². The van der Waals surface area contributed by atoms with Gasteiger partial charge in [-0.2, -0.15) is 0 Å². The van der Waals surface area contributed by atoms with Crippen LogP contribution in [0.1, 0.15) is 46.0 Å². The van der Waals surface area contributed by atoms with Gasteiger partial charge in [-0.25, -0.2) is 0 Å². The van der Waals surface area contributed by atoms with Gasteiger partial charge in [-0.05, 0) is 25.7 Å². The molecule has 1 N–H and O–H groups in total. The fourth-order valence-corrected chi connectivity index (χ4v) is 1.44. The Morgan fingerprint density at radius 2 is 2.08 bits per heavy atom. The van der Waals surface area contributed by atoms with Gasteiger partial charge < -0.3 is 5.11 Å². The lowest BCUT2D eigenvalue weighted by Crippen LogP contribution is -2.17. The predicted octanol–water partition coefficient (Wildman–Crippen LogP) is 3.34. The van der Waals surface area contributed by atoms with Crippen LogP contribution in [0.25, 0.3) is 0 Å². The molecule has 1 heteroatoms. The minimum atomic E-state index is -0.166. The molecule has 0 rings (SSSR count). The van der Waals surface area contributed by atoms with E-state index in [0.29, 0.717) is 5.92 Å². The summed E-state index contributed by atoms with van der Waals surface area (Å²) in [6, 6.07) is 0. The SMILES string of the molecule is [CH2]CC/C=C/C(CCC)C(O)CC. The number of aliphatic hydroxyl groups excluding tert-OH is 1. The van der Waals surface area contributed by atoms with Crippen LogP contribution in [-0.2, 0) is 0 Å². The molecule has 1 nitrogen and oxygen atoms in total. The Balaban J connectivity index is 3.92. The van der Waals surface area contributed by atoms with Gasteiger partial charge in [-0.3, -0.25) is 0 Å². The van der Waals surface area contributed by atoms with Crippen molar-refractivity contribution in [2.45, 2.75) is 52.1 Å². The van der Waals surface area contributed by atoms with Crippen LogP contribution in [0.3, 0.4) is 0 Å². The maximum Gasteiger partial charge on any atom is 0.0600 e. The number of allylic oxidation sites excluding steroid dienone is 1. The lowest BCUT2D eigenvalue weighted by atomic mass is 9.94. The van der Waals surface area contributed by atoms with E-state index >= 15 is 0 Å². The van der Waals surface area contributed by atoms with Gasteiger partial charge in [0.1, 0.15) is 0 Å². The molecule has 0 aromatic rings. The van der Waals surface area contributed by atoms with Crippen molar-refractivity contribution in [3.05, 3.63) is 19.1 Å². The predicted molar refractivity (Wildman–Crippen MR) is 58.4 cm³/mol. The Kier molecular flexibility index (Phi) is 8.11. The van der Waals surface area contributed by atoms with Crippen molar-refractivity contribution >= 4 is 0 Å². The second kappa shape index (κ2) is 8.31. The zero-order valence-corrected chi connectivity index (χ0v) is 9.00. The monoisotopic (exact) mass is 183 g/mol. The topological polar surface area (TPSA) is 20.2 Å². The minimum Gasteiger partial charge on any atom is -0.393 e. The molecule has 13 heavy (non-hydrogen) atoms. The first kappa shape index (κ1) is 12.7. The quantitative estimate of drug-likeness (QED) is 0.600. The minimum absolute atomic E-state index is 0.166. The number of hydrogen-bond acceptors (Lipinski definition) is 1. The first-order valence-electron chi connectivity index (χ1n) is 5.40. The molecular formula is C12H23O. The van der Waals surface area contributed by atoms with E-state index in [-0.39, 0.29) is 6.10 Å². The van der Waals surface area contributed by atoms with E-state index in [2.05, 4.69) is 26.0 Å². The highest BCUT2D eigenvalue weighted by Crippen LogP contribution is 2.16. The van der Waals surface area contributed by atoms with Gasteiger partial charge in [0.05, 0.1) is 6.10 Å². The third-order valence-corrected chi connectivity index (χ3v) is 2.29. The van der Waals surface area contributed by atoms with Gasteiger partial charge in [-0.1, -0.05) is 39.3 Å². The fourth-order valence-electron chi connectivity index (χ4n) is 1.44. The van der Waals surface area contributed by atoms with E-state index in [4.69, 9.17) is 0 Å². The largest absolute Gasteiger partial charge is 0.393 e. The zero-order chi connectivity index (χ0) is 10.1. The lowest BCUT2D eigenvalue weighted by molar-refractivity contribution is 0.121. The van der Waals surface area contributed by atoms with Crippen LogP contribution in [-0.4, -0.2) is 11.2 Å². The number of hydrogen-bond donors (Lipinski definition) is 1. The van der Waals surface area contributed by atoms with E-state index < -0.39 is 0 Å². The summed E-state index contributed by atoms with van der Waals surface area (Å²) >= 11 is 0. The smallest absolute Gasteiger partial charge is 0.0600 e. The van der Waals surface area contributed by atoms with Gasteiger partial charge >= 0.3 is 0 Å². The molecule has 1 radical (unpaired) electrons. The van der Waals surface area contributed by atoms with Crippen molar-refractivity contribution in [3.63, 3.8) is 0 Å². The highest BCUT2D eigenvalue weighted by Gasteiger charge is 2.12. The molecule has 0 heterocycles. The molecule has 0 aliphatic carbocycles. The average Bonchev–Trinajstić information content (AvgIpc) is 2.16. The molecule has 0 fully saturated rings. The van der Waals surface area contributed by atoms with Crippen molar-refractivity contribution in [1.29, 1.82) is 0 Å². The Labute approximate surface area is 82.9 Å². The van der Waals surface area contributed by atoms with E-state index in [1.54, 1.807) is 0 Å². The molecular weight excluding hydrogens is 160 g/mol. The third kappa shape index (κ3) is 5.87. The van der Waals surface area contributed by atoms with Crippen molar-refractivity contribution in [2.75, 3.05) is 0 Å². The summed E-state index contributed by atoms with van der Waals surface area (Å²) in [6.07, 6.45) is 9.17. The second-order valence-corrected chi connectivity index (χ2v) is 3.50. The Morgan fingerprint density at radius 3 is 2.54 bits per heavy atom. The summed E-state index contributed by atoms with van der Waals surface area (Å²) < 4.78 is 0. The Morgan fingerprint density at radius 1 is 1.38 bits per heavy atom. The van der Waals surface area contributed by atoms with E-state index in [0.717, 1.165) is 32.1 Å². The number of rotatable bonds is 7. The zero-order valence-electron chi connectivity index (χ0n) is 9.00. The van der Waals surface area contributed by atoms with Gasteiger partial charge in [0.25, 0.3) is 0 Å². The van der Waals surface area contributed by atoms with Gasteiger partial charge in [0, 0.05) is 5.92 Å². The maximum absolute atomic E-state index is 9.68. The molecule has 0 amide bonds. The molecule has 0 aliphatic heterocycles. The van der Waals surface area contributed by atoms with Crippen molar-refractivity contribution in [3.8, 4) is 0 Å². The van der Waals surface area contributed by atoms with Crippen LogP contribution in [0, 0.1) is 12.8 Å². The van der Waals surface area contributed by atoms with Crippen LogP contribution in [0.15, 0.2) is 12.2 Å². The lowest BCUT2D eigenvalue weighted by Gasteiger charge is -2.17. The van der Waals surface area contributed by atoms with E-state index in [1.165, 1.54) is 0 Å². The van der Waals surface area contributed by atoms with Crippen molar-refractivity contribution < 1.29 is 5.11 Å². The van der Waals surface area contributed by atoms with E-state index in [1.807, 2.05) is 6.92 Å². The summed E-state index contributed by atoms with van der Waals surface area (Å²) in [4.78, 5) is 0. The van der Waals surface area contributed by atoms with Crippen LogP contribution < -0.4 is 0 Å². The maximum atomic E-state index is 9.68. The number of unbranched alkanes of at least 4 members (excludes halogenated alkanes) is 1. The Hall–Kier alpha value is -0.300. The first-order valence-corrected chi connectivity index (χ1v) is 5.40. The van der Waals surface area contributed by atoms with Crippen LogP contribution >= 0.6 is 0 Å². The standard InChI is InChI=1S/C12H23O/c1-4-7-8-10-11(9-5-2)12(13)6-3/h8,10-13H,1,4-7,9H2,2-3H3/b10-8+. The molecule has 0 saturated heterocycles. The first-order chi connectivity index (χ1) is 6.26. The van der Waals surface area contributed by atoms with Crippen LogP contribution in [0.2, 0.25) is 0 Å². The summed E-state index contributed by atoms with van der Waals surface area (Å²) in [7, 11) is 0. The van der Waals surface area contributed by atoms with Crippen LogP contribution in [0.5, 0.6) is 0 Å². The molecule has 0 aliphatic rings. The summed E-state index contributed by atoms with van der Waals surface area (Å²) in [5, 5.41) is 9.68.